The third-order valence-electron chi connectivity index (χ3n) is 3.32. The lowest BCUT2D eigenvalue weighted by Crippen LogP contribution is -2.42. The third kappa shape index (κ3) is 4.28. The number of carbonyl (C=O) groups is 1. The Kier molecular flexibility index (Phi) is 5.00. The lowest BCUT2D eigenvalue weighted by atomic mass is 10.00. The predicted octanol–water partition coefficient (Wildman–Crippen LogP) is 1.92. The quantitative estimate of drug-likeness (QED) is 0.785. The highest BCUT2D eigenvalue weighted by Gasteiger charge is 2.21. The van der Waals surface area contributed by atoms with Crippen molar-refractivity contribution in [1.82, 2.24) is 5.32 Å². The van der Waals surface area contributed by atoms with E-state index in [2.05, 4.69) is 5.32 Å². The van der Waals surface area contributed by atoms with E-state index in [0.29, 0.717) is 26.2 Å². The Labute approximate surface area is 129 Å². The number of rotatable bonds is 6. The van der Waals surface area contributed by atoms with Crippen LogP contribution in [0, 0.1) is 0 Å². The maximum atomic E-state index is 11.1. The van der Waals surface area contributed by atoms with Crippen LogP contribution in [-0.4, -0.2) is 30.9 Å². The summed E-state index contributed by atoms with van der Waals surface area (Å²) in [7, 11) is 0. The zero-order chi connectivity index (χ0) is 15.5. The van der Waals surface area contributed by atoms with Gasteiger partial charge >= 0.3 is 0 Å². The number of ether oxygens (including phenoxy) is 2. The van der Waals surface area contributed by atoms with E-state index in [-0.39, 0.29) is 11.4 Å². The van der Waals surface area contributed by atoms with Crippen molar-refractivity contribution in [2.45, 2.75) is 37.2 Å². The van der Waals surface area contributed by atoms with Crippen LogP contribution in [0.5, 0.6) is 11.5 Å². The Hall–Kier alpha value is -1.40. The largest absolute Gasteiger partial charge is 0.486 e. The van der Waals surface area contributed by atoms with Crippen molar-refractivity contribution in [2.24, 2.45) is 5.73 Å². The van der Waals surface area contributed by atoms with Gasteiger partial charge in [-0.05, 0) is 37.8 Å². The fourth-order valence-electron chi connectivity index (χ4n) is 2.27. The molecule has 0 fully saturated rings. The standard InChI is InChI=1S/C15H22N2O3S/c1-15(2,8-14(16)18)17-9-10-6-11-12(7-13(10)21-3)20-5-4-19-11/h6-7,17H,4-5,8-9H2,1-3H3,(H2,16,18). The maximum Gasteiger partial charge on any atom is 0.219 e. The first-order chi connectivity index (χ1) is 9.91. The van der Waals surface area contributed by atoms with E-state index in [1.807, 2.05) is 32.2 Å². The second kappa shape index (κ2) is 6.58. The van der Waals surface area contributed by atoms with Gasteiger partial charge in [-0.1, -0.05) is 0 Å². The average Bonchev–Trinajstić information content (AvgIpc) is 2.42. The molecule has 1 amide bonds. The van der Waals surface area contributed by atoms with Gasteiger partial charge in [0.05, 0.1) is 0 Å². The molecule has 2 rings (SSSR count). The molecular formula is C15H22N2O3S. The number of carbonyl (C=O) groups excluding carboxylic acids is 1. The normalized spacial score (nSPS) is 14.0. The Morgan fingerprint density at radius 3 is 2.52 bits per heavy atom. The zero-order valence-electron chi connectivity index (χ0n) is 12.7. The van der Waals surface area contributed by atoms with Gasteiger partial charge in [-0.3, -0.25) is 4.79 Å². The molecule has 5 nitrogen and oxygen atoms in total. The smallest absolute Gasteiger partial charge is 0.219 e. The topological polar surface area (TPSA) is 73.6 Å². The number of thioether (sulfide) groups is 1. The highest BCUT2D eigenvalue weighted by molar-refractivity contribution is 7.98. The zero-order valence-corrected chi connectivity index (χ0v) is 13.5. The van der Waals surface area contributed by atoms with Crippen molar-refractivity contribution in [3.05, 3.63) is 17.7 Å². The van der Waals surface area contributed by atoms with Crippen molar-refractivity contribution >= 4 is 17.7 Å². The van der Waals surface area contributed by atoms with Crippen LogP contribution in [0.3, 0.4) is 0 Å². The summed E-state index contributed by atoms with van der Waals surface area (Å²) in [5.41, 5.74) is 6.07. The highest BCUT2D eigenvalue weighted by atomic mass is 32.2. The minimum Gasteiger partial charge on any atom is -0.486 e. The van der Waals surface area contributed by atoms with E-state index < -0.39 is 0 Å². The van der Waals surface area contributed by atoms with Gasteiger partial charge in [-0.15, -0.1) is 11.8 Å². The van der Waals surface area contributed by atoms with Gasteiger partial charge < -0.3 is 20.5 Å². The highest BCUT2D eigenvalue weighted by Crippen LogP contribution is 2.36. The molecular weight excluding hydrogens is 288 g/mol. The lowest BCUT2D eigenvalue weighted by Gasteiger charge is -2.26. The van der Waals surface area contributed by atoms with E-state index in [1.165, 1.54) is 0 Å². The molecule has 6 heteroatoms. The van der Waals surface area contributed by atoms with Gasteiger partial charge in [-0.25, -0.2) is 0 Å². The summed E-state index contributed by atoms with van der Waals surface area (Å²) in [6.07, 6.45) is 2.33. The van der Waals surface area contributed by atoms with Crippen LogP contribution in [0.2, 0.25) is 0 Å². The molecule has 1 aromatic rings. The fraction of sp³-hybridized carbons (Fsp3) is 0.533. The van der Waals surface area contributed by atoms with Gasteiger partial charge in [0.25, 0.3) is 0 Å². The van der Waals surface area contributed by atoms with Gasteiger partial charge in [0.15, 0.2) is 11.5 Å². The molecule has 116 valence electrons. The molecule has 1 aliphatic heterocycles. The molecule has 1 aromatic carbocycles. The Morgan fingerprint density at radius 2 is 1.95 bits per heavy atom. The number of fused-ring (bicyclic) bond motifs is 1. The van der Waals surface area contributed by atoms with Crippen LogP contribution in [-0.2, 0) is 11.3 Å². The fourth-order valence-corrected chi connectivity index (χ4v) is 2.89. The van der Waals surface area contributed by atoms with Gasteiger partial charge in [0.2, 0.25) is 5.91 Å². The summed E-state index contributed by atoms with van der Waals surface area (Å²) >= 11 is 1.67. The Morgan fingerprint density at radius 1 is 1.33 bits per heavy atom. The van der Waals surface area contributed by atoms with E-state index in [0.717, 1.165) is 22.0 Å². The number of nitrogens with one attached hydrogen (secondary N) is 1. The summed E-state index contributed by atoms with van der Waals surface area (Å²) in [5.74, 6) is 1.27. The first-order valence-corrected chi connectivity index (χ1v) is 8.13. The van der Waals surface area contributed by atoms with Crippen LogP contribution in [0.15, 0.2) is 17.0 Å². The second-order valence-electron chi connectivity index (χ2n) is 5.69. The molecule has 0 bridgehead atoms. The van der Waals surface area contributed by atoms with Gasteiger partial charge in [0.1, 0.15) is 13.2 Å². The first-order valence-electron chi connectivity index (χ1n) is 6.91. The molecule has 0 saturated heterocycles. The van der Waals surface area contributed by atoms with Crippen molar-refractivity contribution in [3.8, 4) is 11.5 Å². The van der Waals surface area contributed by atoms with E-state index >= 15 is 0 Å². The average molecular weight is 310 g/mol. The summed E-state index contributed by atoms with van der Waals surface area (Å²) < 4.78 is 11.2. The summed E-state index contributed by atoms with van der Waals surface area (Å²) in [6.45, 7) is 5.74. The van der Waals surface area contributed by atoms with Crippen LogP contribution < -0.4 is 20.5 Å². The van der Waals surface area contributed by atoms with Crippen molar-refractivity contribution in [3.63, 3.8) is 0 Å². The maximum absolute atomic E-state index is 11.1. The predicted molar refractivity (Wildman–Crippen MR) is 83.9 cm³/mol. The Balaban J connectivity index is 2.13. The van der Waals surface area contributed by atoms with Crippen molar-refractivity contribution in [1.29, 1.82) is 0 Å². The molecule has 0 aliphatic carbocycles. The molecule has 0 spiro atoms. The monoisotopic (exact) mass is 310 g/mol. The third-order valence-corrected chi connectivity index (χ3v) is 4.14. The van der Waals surface area contributed by atoms with Crippen LogP contribution in [0.1, 0.15) is 25.8 Å². The summed E-state index contributed by atoms with van der Waals surface area (Å²) in [6, 6.07) is 4.02. The van der Waals surface area contributed by atoms with Gasteiger partial charge in [-0.2, -0.15) is 0 Å². The molecule has 0 radical (unpaired) electrons. The number of hydrogen-bond donors (Lipinski definition) is 2. The molecule has 1 aliphatic rings. The number of benzene rings is 1. The number of hydrogen-bond acceptors (Lipinski definition) is 5. The minimum atomic E-state index is -0.339. The minimum absolute atomic E-state index is 0.298. The number of nitrogens with two attached hydrogens (primary N) is 1. The van der Waals surface area contributed by atoms with E-state index in [4.69, 9.17) is 15.2 Å². The molecule has 0 saturated carbocycles. The van der Waals surface area contributed by atoms with Crippen molar-refractivity contribution in [2.75, 3.05) is 19.5 Å². The van der Waals surface area contributed by atoms with E-state index in [1.54, 1.807) is 11.8 Å². The SMILES string of the molecule is CSc1cc2c(cc1CNC(C)(C)CC(N)=O)OCCO2. The van der Waals surface area contributed by atoms with Crippen LogP contribution in [0.25, 0.3) is 0 Å². The van der Waals surface area contributed by atoms with Crippen LogP contribution in [0.4, 0.5) is 0 Å². The summed E-state index contributed by atoms with van der Waals surface area (Å²) in [5, 5.41) is 3.38. The van der Waals surface area contributed by atoms with Gasteiger partial charge in [0, 0.05) is 23.4 Å². The number of amides is 1. The first kappa shape index (κ1) is 16.0. The molecule has 0 atom stereocenters. The number of primary amides is 1. The molecule has 21 heavy (non-hydrogen) atoms. The molecule has 1 heterocycles. The molecule has 3 N–H and O–H groups in total. The van der Waals surface area contributed by atoms with Crippen molar-refractivity contribution < 1.29 is 14.3 Å². The second-order valence-corrected chi connectivity index (χ2v) is 6.54. The molecule has 0 aromatic heterocycles. The lowest BCUT2D eigenvalue weighted by molar-refractivity contribution is -0.119. The molecule has 0 unspecified atom stereocenters. The van der Waals surface area contributed by atoms with E-state index in [9.17, 15) is 4.79 Å². The Bertz CT molecular complexity index is 532. The van der Waals surface area contributed by atoms with Crippen LogP contribution >= 0.6 is 11.8 Å². The summed E-state index contributed by atoms with van der Waals surface area (Å²) in [4.78, 5) is 12.2.